The zero-order chi connectivity index (χ0) is 42.6. The first-order valence-corrected chi connectivity index (χ1v) is 17.4. The van der Waals surface area contributed by atoms with E-state index in [9.17, 15) is 52.7 Å². The van der Waals surface area contributed by atoms with Crippen LogP contribution in [0.3, 0.4) is 0 Å². The molecular weight excluding hydrogens is 899 g/mol. The van der Waals surface area contributed by atoms with Crippen LogP contribution in [-0.2, 0) is 16.6 Å². The van der Waals surface area contributed by atoms with Crippen LogP contribution < -0.4 is 21.9 Å². The van der Waals surface area contributed by atoms with Crippen LogP contribution in [0.25, 0.3) is 0 Å². The summed E-state index contributed by atoms with van der Waals surface area (Å²) < 4.78 is 295. The first kappa shape index (κ1) is 44.3. The maximum atomic E-state index is 15.4. The highest BCUT2D eigenvalue weighted by molar-refractivity contribution is 9.10. The van der Waals surface area contributed by atoms with Crippen LogP contribution in [0, 0.1) is 116 Å². The highest BCUT2D eigenvalue weighted by Gasteiger charge is 2.52. The summed E-state index contributed by atoms with van der Waals surface area (Å²) >= 11 is 3.53. The summed E-state index contributed by atoms with van der Waals surface area (Å²) in [6, 6.07) is 8.42. The fourth-order valence-electron chi connectivity index (χ4n) is 5.80. The third-order valence-electron chi connectivity index (χ3n) is 8.11. The Balaban J connectivity index is 0.000000544. The molecule has 300 valence electrons. The Morgan fingerprint density at radius 1 is 0.357 bits per heavy atom. The van der Waals surface area contributed by atoms with Gasteiger partial charge in [0.1, 0.15) is 58.4 Å². The van der Waals surface area contributed by atoms with Gasteiger partial charge in [-0.15, -0.1) is 21.9 Å². The largest absolute Gasteiger partial charge is 0.207 e. The molecule has 5 aromatic carbocycles. The van der Waals surface area contributed by atoms with E-state index in [4.69, 9.17) is 0 Å². The Morgan fingerprint density at radius 2 is 0.554 bits per heavy atom. The molecule has 5 rings (SSSR count). The molecule has 0 aliphatic heterocycles. The van der Waals surface area contributed by atoms with Gasteiger partial charge in [-0.2, -0.15) is 0 Å². The second kappa shape index (κ2) is 16.2. The molecular formula is C33H12BBrF20S. The summed E-state index contributed by atoms with van der Waals surface area (Å²) in [6.07, 6.45) is -2.69. The molecule has 56 heavy (non-hydrogen) atoms. The zero-order valence-corrected chi connectivity index (χ0v) is 29.3. The van der Waals surface area contributed by atoms with Gasteiger partial charge in [0.25, 0.3) is 0 Å². The van der Waals surface area contributed by atoms with Crippen molar-refractivity contribution in [3.8, 4) is 0 Å². The summed E-state index contributed by atoms with van der Waals surface area (Å²) in [4.78, 5) is 0. The van der Waals surface area contributed by atoms with Crippen molar-refractivity contribution < 1.29 is 87.8 Å². The van der Waals surface area contributed by atoms with Crippen molar-refractivity contribution in [2.24, 2.45) is 0 Å². The van der Waals surface area contributed by atoms with Gasteiger partial charge in [0, 0.05) is 10.0 Å². The quantitative estimate of drug-likeness (QED) is 0.0527. The number of hydrogen-bond acceptors (Lipinski definition) is 0. The van der Waals surface area contributed by atoms with Crippen molar-refractivity contribution >= 4 is 54.8 Å². The predicted molar refractivity (Wildman–Crippen MR) is 166 cm³/mol. The monoisotopic (exact) mass is 910 g/mol. The molecule has 0 bridgehead atoms. The molecule has 0 unspecified atom stereocenters. The second-order valence-corrected chi connectivity index (χ2v) is 14.6. The van der Waals surface area contributed by atoms with Gasteiger partial charge < -0.3 is 0 Å². The van der Waals surface area contributed by atoms with Gasteiger partial charge in [-0.25, -0.2) is 87.8 Å². The van der Waals surface area contributed by atoms with Gasteiger partial charge in [0.05, 0.1) is 12.5 Å². The number of halogens is 21. The highest BCUT2D eigenvalue weighted by atomic mass is 79.9. The molecule has 0 saturated carbocycles. The predicted octanol–water partition coefficient (Wildman–Crippen LogP) is 8.67. The van der Waals surface area contributed by atoms with E-state index in [2.05, 4.69) is 52.7 Å². The molecule has 0 radical (unpaired) electrons. The number of benzene rings is 5. The summed E-state index contributed by atoms with van der Waals surface area (Å²) in [5, 5.41) is 0. The van der Waals surface area contributed by atoms with Crippen LogP contribution in [-0.4, -0.2) is 18.7 Å². The Hall–Kier alpha value is -4.41. The fraction of sp³-hybridized carbons (Fsp3) is 0.0909. The van der Waals surface area contributed by atoms with Gasteiger partial charge in [-0.3, -0.25) is 0 Å². The van der Waals surface area contributed by atoms with Crippen LogP contribution in [0.1, 0.15) is 5.56 Å². The molecule has 0 aliphatic rings. The van der Waals surface area contributed by atoms with E-state index in [0.29, 0.717) is 10.9 Å². The van der Waals surface area contributed by atoms with Gasteiger partial charge in [0.2, 0.25) is 0 Å². The van der Waals surface area contributed by atoms with Crippen molar-refractivity contribution in [2.75, 3.05) is 12.5 Å². The van der Waals surface area contributed by atoms with Crippen molar-refractivity contribution in [3.63, 3.8) is 0 Å². The van der Waals surface area contributed by atoms with Gasteiger partial charge in [-0.1, -0.05) is 34.1 Å². The average Bonchev–Trinajstić information content (AvgIpc) is 3.15. The van der Waals surface area contributed by atoms with E-state index in [1.807, 2.05) is 0 Å². The van der Waals surface area contributed by atoms with Crippen LogP contribution >= 0.6 is 15.9 Å². The normalized spacial score (nSPS) is 11.7. The molecule has 0 nitrogen and oxygen atoms in total. The molecule has 0 amide bonds. The standard InChI is InChI=1S/C24BF20.C9H12BrS/c26-5-1(6(27)14(35)21(42)13(5)34)25(2-7(28)15(36)22(43)16(37)8(2)29,3-9(30)17(38)23(44)18(39)10(3)31)4-11(32)19(40)24(45)20(41)12(4)33;1-11(2)7-8-5-3-4-6-9(8)10/h;3-6H,7H2,1-2H3/q-1;+1. The lowest BCUT2D eigenvalue weighted by Crippen LogP contribution is -2.81. The Bertz CT molecular complexity index is 2020. The molecule has 0 spiro atoms. The van der Waals surface area contributed by atoms with Gasteiger partial charge >= 0.3 is 0 Å². The SMILES string of the molecule is C[S+](C)Cc1ccccc1Br.Fc1c(F)c(F)c([B-](c2c(F)c(F)c(F)c(F)c2F)(c2c(F)c(F)c(F)c(F)c2F)c2c(F)c(F)c(F)c(F)c2F)c(F)c1F. The lowest BCUT2D eigenvalue weighted by molar-refractivity contribution is 0.378. The Morgan fingerprint density at radius 3 is 0.750 bits per heavy atom. The van der Waals surface area contributed by atoms with E-state index in [-0.39, 0.29) is 0 Å². The minimum absolute atomic E-state index is 0.493. The van der Waals surface area contributed by atoms with Gasteiger partial charge in [-0.05, 0) is 17.0 Å². The van der Waals surface area contributed by atoms with Crippen LogP contribution in [0.2, 0.25) is 0 Å². The topological polar surface area (TPSA) is 0 Å². The Labute approximate surface area is 311 Å². The van der Waals surface area contributed by atoms with E-state index in [0.717, 1.165) is 0 Å². The summed E-state index contributed by atoms with van der Waals surface area (Å²) in [7, 11) is 0.493. The summed E-state index contributed by atoms with van der Waals surface area (Å²) in [6.45, 7) is 0. The first-order chi connectivity index (χ1) is 25.9. The van der Waals surface area contributed by atoms with Crippen molar-refractivity contribution in [3.05, 3.63) is 151 Å². The maximum absolute atomic E-state index is 15.4. The van der Waals surface area contributed by atoms with Crippen LogP contribution in [0.4, 0.5) is 87.8 Å². The second-order valence-electron chi connectivity index (χ2n) is 11.5. The highest BCUT2D eigenvalue weighted by Crippen LogP contribution is 2.31. The molecule has 5 aromatic rings. The first-order valence-electron chi connectivity index (χ1n) is 14.4. The van der Waals surface area contributed by atoms with E-state index >= 15 is 35.1 Å². The third-order valence-corrected chi connectivity index (χ3v) is 9.77. The van der Waals surface area contributed by atoms with Crippen molar-refractivity contribution in [1.82, 2.24) is 0 Å². The lowest BCUT2D eigenvalue weighted by atomic mass is 9.12. The van der Waals surface area contributed by atoms with E-state index in [1.165, 1.54) is 15.8 Å². The molecule has 0 aliphatic carbocycles. The fourth-order valence-corrected chi connectivity index (χ4v) is 7.28. The number of rotatable bonds is 6. The molecule has 0 aromatic heterocycles. The smallest absolute Gasteiger partial charge is 0.200 e. The van der Waals surface area contributed by atoms with Crippen molar-refractivity contribution in [1.29, 1.82) is 0 Å². The minimum atomic E-state index is -7.22. The molecule has 23 heteroatoms. The molecule has 0 heterocycles. The molecule has 0 saturated heterocycles. The molecule has 0 fully saturated rings. The number of hydrogen-bond donors (Lipinski definition) is 0. The lowest BCUT2D eigenvalue weighted by Gasteiger charge is -2.44. The van der Waals surface area contributed by atoms with Crippen molar-refractivity contribution in [2.45, 2.75) is 5.75 Å². The average molecular weight is 911 g/mol. The maximum Gasteiger partial charge on any atom is 0.200 e. The Kier molecular flexibility index (Phi) is 12.8. The van der Waals surface area contributed by atoms with Gasteiger partial charge in [0.15, 0.2) is 69.8 Å². The minimum Gasteiger partial charge on any atom is -0.207 e. The van der Waals surface area contributed by atoms with Crippen LogP contribution in [0.15, 0.2) is 28.7 Å². The summed E-state index contributed by atoms with van der Waals surface area (Å²) in [5.41, 5.74) is -12.9. The van der Waals surface area contributed by atoms with E-state index in [1.54, 1.807) is 0 Å². The van der Waals surface area contributed by atoms with Crippen LogP contribution in [0.5, 0.6) is 0 Å². The summed E-state index contributed by atoms with van der Waals surface area (Å²) in [5.74, 6) is -70.2. The van der Waals surface area contributed by atoms with E-state index < -0.39 is 144 Å². The molecule has 0 atom stereocenters. The third kappa shape index (κ3) is 6.87. The molecule has 0 N–H and O–H groups in total. The zero-order valence-electron chi connectivity index (χ0n) is 26.9.